The lowest BCUT2D eigenvalue weighted by Gasteiger charge is -2.14. The van der Waals surface area contributed by atoms with E-state index >= 15 is 0 Å². The highest BCUT2D eigenvalue weighted by Gasteiger charge is 2.31. The summed E-state index contributed by atoms with van der Waals surface area (Å²) in [5.41, 5.74) is 2.47. The first kappa shape index (κ1) is 20.3. The van der Waals surface area contributed by atoms with Crippen LogP contribution in [0.5, 0.6) is 5.75 Å². The van der Waals surface area contributed by atoms with Crippen molar-refractivity contribution in [1.29, 1.82) is 0 Å². The largest absolute Gasteiger partial charge is 0.573 e. The Balaban J connectivity index is 1.80. The third-order valence-corrected chi connectivity index (χ3v) is 3.98. The summed E-state index contributed by atoms with van der Waals surface area (Å²) >= 11 is 0. The minimum atomic E-state index is -4.80. The third kappa shape index (κ3) is 4.89. The Morgan fingerprint density at radius 2 is 1.86 bits per heavy atom. The van der Waals surface area contributed by atoms with Crippen molar-refractivity contribution < 1.29 is 27.1 Å². The first-order valence-electron chi connectivity index (χ1n) is 8.52. The van der Waals surface area contributed by atoms with E-state index in [9.17, 15) is 27.2 Å². The maximum absolute atomic E-state index is 13.4. The number of amides is 1. The van der Waals surface area contributed by atoms with Gasteiger partial charge in [0.15, 0.2) is 0 Å². The summed E-state index contributed by atoms with van der Waals surface area (Å²) in [6.45, 7) is 1.72. The second-order valence-corrected chi connectivity index (χ2v) is 6.09. The summed E-state index contributed by atoms with van der Waals surface area (Å²) in [7, 11) is 0. The molecule has 0 aliphatic carbocycles. The second kappa shape index (κ2) is 7.90. The molecule has 1 N–H and O–H groups in total. The second-order valence-electron chi connectivity index (χ2n) is 6.09. The summed E-state index contributed by atoms with van der Waals surface area (Å²) in [6, 6.07) is 8.33. The van der Waals surface area contributed by atoms with Crippen molar-refractivity contribution in [3.63, 3.8) is 0 Å². The molecule has 0 saturated carbocycles. The first-order chi connectivity index (χ1) is 13.7. The molecule has 2 aromatic carbocycles. The van der Waals surface area contributed by atoms with Crippen LogP contribution in [0.2, 0.25) is 0 Å². The van der Waals surface area contributed by atoms with Crippen molar-refractivity contribution in [2.45, 2.75) is 26.1 Å². The van der Waals surface area contributed by atoms with Gasteiger partial charge in [-0.15, -0.1) is 13.2 Å². The highest BCUT2D eigenvalue weighted by molar-refractivity contribution is 5.86. The topological polar surface area (TPSA) is 73.2 Å². The number of carbonyl (C=O) groups excluding carboxylic acids is 1. The molecule has 0 atom stereocenters. The van der Waals surface area contributed by atoms with Crippen LogP contribution in [0.3, 0.4) is 0 Å². The molecule has 10 heteroatoms. The van der Waals surface area contributed by atoms with Crippen LogP contribution >= 0.6 is 0 Å². The summed E-state index contributed by atoms with van der Waals surface area (Å²) < 4.78 is 54.7. The number of aromatic nitrogens is 2. The average molecular weight is 409 g/mol. The van der Waals surface area contributed by atoms with Crippen LogP contribution < -0.4 is 15.7 Å². The fraction of sp³-hybridized carbons (Fsp3) is 0.211. The SMILES string of the molecule is CCc1nc2cc(F)ccc2c(=O)n1NC(=O)Cc1ccc(OC(F)(F)F)cc1. The maximum Gasteiger partial charge on any atom is 0.573 e. The Bertz CT molecular complexity index is 1110. The third-order valence-electron chi connectivity index (χ3n) is 3.98. The number of hydrogen-bond donors (Lipinski definition) is 1. The molecule has 3 rings (SSSR count). The number of nitrogens with zero attached hydrogens (tertiary/aromatic N) is 2. The van der Waals surface area contributed by atoms with Crippen LogP contribution in [0.1, 0.15) is 18.3 Å². The molecule has 1 amide bonds. The zero-order chi connectivity index (χ0) is 21.2. The number of fused-ring (bicyclic) bond motifs is 1. The van der Waals surface area contributed by atoms with E-state index in [2.05, 4.69) is 15.1 Å². The van der Waals surface area contributed by atoms with Crippen LogP contribution in [0.4, 0.5) is 17.6 Å². The van der Waals surface area contributed by atoms with Gasteiger partial charge in [-0.1, -0.05) is 19.1 Å². The van der Waals surface area contributed by atoms with Gasteiger partial charge < -0.3 is 4.74 Å². The quantitative estimate of drug-likeness (QED) is 0.657. The van der Waals surface area contributed by atoms with Crippen molar-refractivity contribution in [2.75, 3.05) is 5.43 Å². The van der Waals surface area contributed by atoms with Gasteiger partial charge in [0.05, 0.1) is 17.3 Å². The number of carbonyl (C=O) groups is 1. The van der Waals surface area contributed by atoms with Gasteiger partial charge >= 0.3 is 6.36 Å². The predicted molar refractivity (Wildman–Crippen MR) is 96.5 cm³/mol. The number of hydrogen-bond acceptors (Lipinski definition) is 4. The Morgan fingerprint density at radius 1 is 1.17 bits per heavy atom. The highest BCUT2D eigenvalue weighted by Crippen LogP contribution is 2.22. The van der Waals surface area contributed by atoms with Crippen LogP contribution in [-0.2, 0) is 17.6 Å². The van der Waals surface area contributed by atoms with E-state index in [1.807, 2.05) is 0 Å². The van der Waals surface area contributed by atoms with Crippen molar-refractivity contribution >= 4 is 16.8 Å². The predicted octanol–water partition coefficient (Wildman–Crippen LogP) is 3.31. The molecular formula is C19H15F4N3O3. The molecule has 3 aromatic rings. The number of ether oxygens (including phenoxy) is 1. The molecular weight excluding hydrogens is 394 g/mol. The lowest BCUT2D eigenvalue weighted by atomic mass is 10.1. The van der Waals surface area contributed by atoms with E-state index < -0.39 is 29.4 Å². The molecule has 0 saturated heterocycles. The molecule has 0 fully saturated rings. The lowest BCUT2D eigenvalue weighted by Crippen LogP contribution is -2.37. The van der Waals surface area contributed by atoms with Crippen LogP contribution in [0.15, 0.2) is 47.3 Å². The fourth-order valence-electron chi connectivity index (χ4n) is 2.72. The normalized spacial score (nSPS) is 11.5. The molecule has 0 aliphatic heterocycles. The molecule has 0 radical (unpaired) electrons. The molecule has 6 nitrogen and oxygen atoms in total. The fourth-order valence-corrected chi connectivity index (χ4v) is 2.72. The van der Waals surface area contributed by atoms with E-state index in [0.29, 0.717) is 12.0 Å². The Labute approximate surface area is 161 Å². The molecule has 1 aromatic heterocycles. The van der Waals surface area contributed by atoms with Crippen LogP contribution in [-0.4, -0.2) is 21.9 Å². The van der Waals surface area contributed by atoms with Gasteiger partial charge in [0.1, 0.15) is 17.4 Å². The monoisotopic (exact) mass is 409 g/mol. The van der Waals surface area contributed by atoms with E-state index in [1.54, 1.807) is 6.92 Å². The van der Waals surface area contributed by atoms with Crippen molar-refractivity contribution in [1.82, 2.24) is 9.66 Å². The summed E-state index contributed by atoms with van der Waals surface area (Å²) in [5.74, 6) is -1.28. The molecule has 1 heterocycles. The minimum absolute atomic E-state index is 0.137. The van der Waals surface area contributed by atoms with E-state index in [-0.39, 0.29) is 23.1 Å². The Hall–Kier alpha value is -3.43. The number of halogens is 4. The standard InChI is InChI=1S/C19H15F4N3O3/c1-2-16-24-15-10-12(20)5-8-14(15)18(28)26(16)25-17(27)9-11-3-6-13(7-4-11)29-19(21,22)23/h3-8,10H,2,9H2,1H3,(H,25,27). The lowest BCUT2D eigenvalue weighted by molar-refractivity contribution is -0.274. The van der Waals surface area contributed by atoms with Gasteiger partial charge in [-0.25, -0.2) is 14.1 Å². The van der Waals surface area contributed by atoms with Gasteiger partial charge in [0, 0.05) is 12.5 Å². The maximum atomic E-state index is 13.4. The zero-order valence-electron chi connectivity index (χ0n) is 15.1. The molecule has 29 heavy (non-hydrogen) atoms. The summed E-state index contributed by atoms with van der Waals surface area (Å²) in [6.07, 6.45) is -4.70. The van der Waals surface area contributed by atoms with Crippen molar-refractivity contribution in [2.24, 2.45) is 0 Å². The Kier molecular flexibility index (Phi) is 5.53. The Morgan fingerprint density at radius 3 is 2.48 bits per heavy atom. The highest BCUT2D eigenvalue weighted by atomic mass is 19.4. The van der Waals surface area contributed by atoms with Gasteiger partial charge in [-0.2, -0.15) is 0 Å². The molecule has 0 bridgehead atoms. The summed E-state index contributed by atoms with van der Waals surface area (Å²) in [4.78, 5) is 29.2. The molecule has 152 valence electrons. The van der Waals surface area contributed by atoms with Crippen molar-refractivity contribution in [3.8, 4) is 5.75 Å². The molecule has 0 spiro atoms. The van der Waals surface area contributed by atoms with Gasteiger partial charge in [0.25, 0.3) is 5.56 Å². The zero-order valence-corrected chi connectivity index (χ0v) is 15.1. The van der Waals surface area contributed by atoms with Gasteiger partial charge in [-0.05, 0) is 29.8 Å². The van der Waals surface area contributed by atoms with Crippen LogP contribution in [0, 0.1) is 5.82 Å². The first-order valence-corrected chi connectivity index (χ1v) is 8.52. The summed E-state index contributed by atoms with van der Waals surface area (Å²) in [5, 5.41) is 0.137. The van der Waals surface area contributed by atoms with E-state index in [4.69, 9.17) is 0 Å². The van der Waals surface area contributed by atoms with E-state index in [0.717, 1.165) is 28.9 Å². The minimum Gasteiger partial charge on any atom is -0.406 e. The number of alkyl halides is 3. The number of benzene rings is 2. The number of nitrogens with one attached hydrogen (secondary N) is 1. The number of rotatable bonds is 5. The van der Waals surface area contributed by atoms with Gasteiger partial charge in [0.2, 0.25) is 5.91 Å². The smallest absolute Gasteiger partial charge is 0.406 e. The van der Waals surface area contributed by atoms with Gasteiger partial charge in [-0.3, -0.25) is 15.0 Å². The van der Waals surface area contributed by atoms with Crippen LogP contribution in [0.25, 0.3) is 10.9 Å². The molecule has 0 aliphatic rings. The van der Waals surface area contributed by atoms with E-state index in [1.165, 1.54) is 18.2 Å². The number of aryl methyl sites for hydroxylation is 1. The molecule has 0 unspecified atom stereocenters. The average Bonchev–Trinajstić information content (AvgIpc) is 2.64. The van der Waals surface area contributed by atoms with Crippen molar-refractivity contribution in [3.05, 3.63) is 70.0 Å².